The van der Waals surface area contributed by atoms with Crippen LogP contribution in [0, 0.1) is 11.8 Å². The molecule has 116 valence electrons. The second-order valence-corrected chi connectivity index (χ2v) is 7.70. The van der Waals surface area contributed by atoms with Crippen LogP contribution >= 0.6 is 0 Å². The smallest absolute Gasteiger partial charge is 0.0337 e. The maximum absolute atomic E-state index is 6.36. The molecule has 2 unspecified atom stereocenters. The highest BCUT2D eigenvalue weighted by molar-refractivity contribution is 5.01. The summed E-state index contributed by atoms with van der Waals surface area (Å²) in [5.41, 5.74) is 6.71. The average Bonchev–Trinajstić information content (AvgIpc) is 3.34. The lowest BCUT2D eigenvalue weighted by atomic mass is 9.71. The first-order valence-corrected chi connectivity index (χ1v) is 9.26. The van der Waals surface area contributed by atoms with Crippen LogP contribution in [0.15, 0.2) is 0 Å². The van der Waals surface area contributed by atoms with E-state index >= 15 is 0 Å². The van der Waals surface area contributed by atoms with Gasteiger partial charge in [0.15, 0.2) is 0 Å². The van der Waals surface area contributed by atoms with Crippen LogP contribution in [0.4, 0.5) is 0 Å². The van der Waals surface area contributed by atoms with Crippen molar-refractivity contribution in [1.29, 1.82) is 0 Å². The highest BCUT2D eigenvalue weighted by Crippen LogP contribution is 2.48. The number of hydrogen-bond donors (Lipinski definition) is 1. The lowest BCUT2D eigenvalue weighted by molar-refractivity contribution is -0.00927. The fourth-order valence-electron chi connectivity index (χ4n) is 5.29. The molecule has 2 heteroatoms. The van der Waals surface area contributed by atoms with E-state index in [0.29, 0.717) is 5.54 Å². The summed E-state index contributed by atoms with van der Waals surface area (Å²) in [4.78, 5) is 2.86. The Morgan fingerprint density at radius 1 is 0.950 bits per heavy atom. The zero-order valence-electron chi connectivity index (χ0n) is 13.4. The number of hydrogen-bond acceptors (Lipinski definition) is 2. The van der Waals surface area contributed by atoms with Crippen molar-refractivity contribution in [2.75, 3.05) is 13.1 Å². The molecule has 0 saturated heterocycles. The Morgan fingerprint density at radius 3 is 2.30 bits per heavy atom. The molecule has 0 aliphatic heterocycles. The molecule has 0 aromatic carbocycles. The van der Waals surface area contributed by atoms with Crippen molar-refractivity contribution < 1.29 is 0 Å². The summed E-state index contributed by atoms with van der Waals surface area (Å²) in [6.45, 7) is 4.46. The molecule has 2 N–H and O–H groups in total. The molecule has 2 nitrogen and oxygen atoms in total. The lowest BCUT2D eigenvalue weighted by Crippen LogP contribution is -2.60. The fourth-order valence-corrected chi connectivity index (χ4v) is 5.29. The van der Waals surface area contributed by atoms with E-state index in [1.54, 1.807) is 0 Å². The third-order valence-corrected chi connectivity index (χ3v) is 6.49. The van der Waals surface area contributed by atoms with Crippen molar-refractivity contribution in [1.82, 2.24) is 4.90 Å². The summed E-state index contributed by atoms with van der Waals surface area (Å²) in [6.07, 6.45) is 15.8. The molecule has 2 atom stereocenters. The molecule has 3 aliphatic rings. The monoisotopic (exact) mass is 278 g/mol. The van der Waals surface area contributed by atoms with Gasteiger partial charge in [-0.2, -0.15) is 0 Å². The highest BCUT2D eigenvalue weighted by Gasteiger charge is 2.45. The molecule has 3 saturated carbocycles. The van der Waals surface area contributed by atoms with Crippen molar-refractivity contribution >= 4 is 0 Å². The lowest BCUT2D eigenvalue weighted by Gasteiger charge is -2.52. The zero-order chi connectivity index (χ0) is 14.0. The molecule has 0 heterocycles. The maximum Gasteiger partial charge on any atom is 0.0337 e. The molecule has 0 aromatic rings. The van der Waals surface area contributed by atoms with Crippen molar-refractivity contribution in [2.24, 2.45) is 17.6 Å². The second-order valence-electron chi connectivity index (χ2n) is 7.70. The Morgan fingerprint density at radius 2 is 1.70 bits per heavy atom. The third kappa shape index (κ3) is 2.92. The van der Waals surface area contributed by atoms with E-state index < -0.39 is 0 Å². The first-order valence-electron chi connectivity index (χ1n) is 9.26. The topological polar surface area (TPSA) is 29.3 Å². The van der Waals surface area contributed by atoms with Crippen LogP contribution in [-0.4, -0.2) is 29.6 Å². The zero-order valence-corrected chi connectivity index (χ0v) is 13.4. The minimum absolute atomic E-state index is 0.349. The standard InChI is InChI=1S/C18H34N2/c1-2-20(17-8-4-3-5-9-17)18(14-19)12-6-7-16(13-18)15-10-11-15/h15-17H,2-14,19H2,1H3. The largest absolute Gasteiger partial charge is 0.329 e. The van der Waals surface area contributed by atoms with Gasteiger partial charge in [-0.05, 0) is 56.9 Å². The summed E-state index contributed by atoms with van der Waals surface area (Å²) in [5, 5.41) is 0. The van der Waals surface area contributed by atoms with E-state index in [-0.39, 0.29) is 0 Å². The third-order valence-electron chi connectivity index (χ3n) is 6.49. The van der Waals surface area contributed by atoms with Gasteiger partial charge >= 0.3 is 0 Å². The first kappa shape index (κ1) is 14.8. The van der Waals surface area contributed by atoms with Gasteiger partial charge in [-0.1, -0.05) is 39.0 Å². The van der Waals surface area contributed by atoms with E-state index in [2.05, 4.69) is 11.8 Å². The maximum atomic E-state index is 6.36. The normalized spacial score (nSPS) is 36.5. The molecular weight excluding hydrogens is 244 g/mol. The Balaban J connectivity index is 1.73. The molecule has 0 aromatic heterocycles. The molecule has 3 aliphatic carbocycles. The van der Waals surface area contributed by atoms with Crippen molar-refractivity contribution in [2.45, 2.75) is 89.1 Å². The van der Waals surface area contributed by atoms with Gasteiger partial charge in [-0.15, -0.1) is 0 Å². The van der Waals surface area contributed by atoms with Crippen molar-refractivity contribution in [3.05, 3.63) is 0 Å². The average molecular weight is 278 g/mol. The Labute approximate surface area is 125 Å². The summed E-state index contributed by atoms with van der Waals surface area (Å²) < 4.78 is 0. The molecule has 0 amide bonds. The first-order chi connectivity index (χ1) is 9.79. The summed E-state index contributed by atoms with van der Waals surface area (Å²) in [6, 6.07) is 0.829. The number of likely N-dealkylation sites (N-methyl/N-ethyl adjacent to an activating group) is 1. The van der Waals surface area contributed by atoms with Crippen LogP contribution in [-0.2, 0) is 0 Å². The van der Waals surface area contributed by atoms with E-state index in [1.165, 1.54) is 77.2 Å². The second kappa shape index (κ2) is 6.36. The quantitative estimate of drug-likeness (QED) is 0.825. The van der Waals surface area contributed by atoms with Crippen LogP contribution in [0.3, 0.4) is 0 Å². The van der Waals surface area contributed by atoms with Crippen molar-refractivity contribution in [3.8, 4) is 0 Å². The van der Waals surface area contributed by atoms with Crippen LogP contribution < -0.4 is 5.73 Å². The molecule has 0 bridgehead atoms. The Bertz CT molecular complexity index is 307. The highest BCUT2D eigenvalue weighted by atomic mass is 15.2. The predicted molar refractivity (Wildman–Crippen MR) is 85.7 cm³/mol. The van der Waals surface area contributed by atoms with E-state index in [4.69, 9.17) is 5.73 Å². The van der Waals surface area contributed by atoms with E-state index in [1.807, 2.05) is 0 Å². The fraction of sp³-hybridized carbons (Fsp3) is 1.00. The Hall–Kier alpha value is -0.0800. The van der Waals surface area contributed by atoms with Crippen LogP contribution in [0.1, 0.15) is 77.6 Å². The minimum Gasteiger partial charge on any atom is -0.329 e. The van der Waals surface area contributed by atoms with Crippen LogP contribution in [0.5, 0.6) is 0 Å². The molecule has 0 spiro atoms. The number of rotatable bonds is 5. The molecule has 0 radical (unpaired) electrons. The van der Waals surface area contributed by atoms with Gasteiger partial charge in [0.2, 0.25) is 0 Å². The summed E-state index contributed by atoms with van der Waals surface area (Å²) in [5.74, 6) is 2.05. The number of nitrogens with zero attached hydrogens (tertiary/aromatic N) is 1. The van der Waals surface area contributed by atoms with Crippen molar-refractivity contribution in [3.63, 3.8) is 0 Å². The van der Waals surface area contributed by atoms with Gasteiger partial charge in [0.25, 0.3) is 0 Å². The van der Waals surface area contributed by atoms with Gasteiger partial charge in [0, 0.05) is 18.1 Å². The van der Waals surface area contributed by atoms with E-state index in [9.17, 15) is 0 Å². The van der Waals surface area contributed by atoms with Gasteiger partial charge in [0.1, 0.15) is 0 Å². The number of nitrogens with two attached hydrogens (primary N) is 1. The Kier molecular flexibility index (Phi) is 4.72. The van der Waals surface area contributed by atoms with Gasteiger partial charge in [-0.3, -0.25) is 4.90 Å². The van der Waals surface area contributed by atoms with Gasteiger partial charge < -0.3 is 5.73 Å². The summed E-state index contributed by atoms with van der Waals surface area (Å²) in [7, 11) is 0. The summed E-state index contributed by atoms with van der Waals surface area (Å²) >= 11 is 0. The van der Waals surface area contributed by atoms with Gasteiger partial charge in [0.05, 0.1) is 0 Å². The van der Waals surface area contributed by atoms with Crippen LogP contribution in [0.2, 0.25) is 0 Å². The SMILES string of the molecule is CCN(C1CCCCC1)C1(CN)CCCC(C2CC2)C1. The minimum atomic E-state index is 0.349. The molecule has 20 heavy (non-hydrogen) atoms. The van der Waals surface area contributed by atoms with Crippen LogP contribution in [0.25, 0.3) is 0 Å². The molecule has 3 fully saturated rings. The molecular formula is C18H34N2. The molecule has 3 rings (SSSR count). The van der Waals surface area contributed by atoms with Gasteiger partial charge in [-0.25, -0.2) is 0 Å². The predicted octanol–water partition coefficient (Wildman–Crippen LogP) is 3.94. The van der Waals surface area contributed by atoms with E-state index in [0.717, 1.165) is 24.4 Å².